The quantitative estimate of drug-likeness (QED) is 0.767. The molecule has 0 bridgehead atoms. The Kier molecular flexibility index (Phi) is 5.91. The average molecular weight is 327 g/mol. The Morgan fingerprint density at radius 3 is 2.83 bits per heavy atom. The molecule has 1 aliphatic rings. The number of hydrogen-bond acceptors (Lipinski definition) is 2. The predicted molar refractivity (Wildman–Crippen MR) is 99.1 cm³/mol. The molecule has 0 atom stereocenters. The standard InChI is InChI=1S/C20H29N3O/c1-16-6-5-9-19-18(16)10-13-23(19)15-20(24)22-12-11-21-14-17-7-3-2-4-8-17/h5-6,9-10,13,17,21H,2-4,7-8,11-12,14-15H2,1H3,(H,22,24). The molecule has 3 rings (SSSR count). The van der Waals surface area contributed by atoms with Gasteiger partial charge in [0.1, 0.15) is 6.54 Å². The van der Waals surface area contributed by atoms with Crippen LogP contribution < -0.4 is 10.6 Å². The van der Waals surface area contributed by atoms with Gasteiger partial charge in [0.05, 0.1) is 0 Å². The third-order valence-electron chi connectivity index (χ3n) is 5.13. The zero-order valence-corrected chi connectivity index (χ0v) is 14.7. The fraction of sp³-hybridized carbons (Fsp3) is 0.550. The molecule has 0 unspecified atom stereocenters. The van der Waals surface area contributed by atoms with E-state index in [1.165, 1.54) is 43.1 Å². The van der Waals surface area contributed by atoms with Crippen LogP contribution in [-0.4, -0.2) is 30.1 Å². The molecular weight excluding hydrogens is 298 g/mol. The van der Waals surface area contributed by atoms with Crippen LogP contribution in [0.5, 0.6) is 0 Å². The van der Waals surface area contributed by atoms with E-state index in [-0.39, 0.29) is 5.91 Å². The number of benzene rings is 1. The Morgan fingerprint density at radius 1 is 1.17 bits per heavy atom. The number of aryl methyl sites for hydroxylation is 1. The van der Waals surface area contributed by atoms with Gasteiger partial charge in [0.25, 0.3) is 0 Å². The van der Waals surface area contributed by atoms with Gasteiger partial charge < -0.3 is 15.2 Å². The lowest BCUT2D eigenvalue weighted by Gasteiger charge is -2.21. The van der Waals surface area contributed by atoms with Crippen LogP contribution in [0.4, 0.5) is 0 Å². The lowest BCUT2D eigenvalue weighted by molar-refractivity contribution is -0.121. The van der Waals surface area contributed by atoms with Crippen LogP contribution in [0.2, 0.25) is 0 Å². The van der Waals surface area contributed by atoms with Crippen LogP contribution in [-0.2, 0) is 11.3 Å². The fourth-order valence-corrected chi connectivity index (χ4v) is 3.71. The van der Waals surface area contributed by atoms with Crippen molar-refractivity contribution in [1.29, 1.82) is 0 Å². The first-order chi connectivity index (χ1) is 11.7. The Bertz CT molecular complexity index is 671. The van der Waals surface area contributed by atoms with Gasteiger partial charge in [0, 0.05) is 30.2 Å². The summed E-state index contributed by atoms with van der Waals surface area (Å²) < 4.78 is 2.02. The highest BCUT2D eigenvalue weighted by molar-refractivity contribution is 5.85. The molecule has 1 aromatic carbocycles. The largest absolute Gasteiger partial charge is 0.353 e. The van der Waals surface area contributed by atoms with E-state index in [1.54, 1.807) is 0 Å². The molecule has 0 spiro atoms. The number of fused-ring (bicyclic) bond motifs is 1. The number of nitrogens with zero attached hydrogens (tertiary/aromatic N) is 1. The van der Waals surface area contributed by atoms with Gasteiger partial charge in [-0.1, -0.05) is 31.4 Å². The van der Waals surface area contributed by atoms with Crippen molar-refractivity contribution in [3.05, 3.63) is 36.0 Å². The Hall–Kier alpha value is -1.81. The van der Waals surface area contributed by atoms with E-state index in [4.69, 9.17) is 0 Å². The molecule has 1 fully saturated rings. The number of amides is 1. The first-order valence-electron chi connectivity index (χ1n) is 9.26. The monoisotopic (exact) mass is 327 g/mol. The van der Waals surface area contributed by atoms with E-state index in [2.05, 4.69) is 35.8 Å². The number of carbonyl (C=O) groups excluding carboxylic acids is 1. The Labute approximate surface area is 144 Å². The second-order valence-electron chi connectivity index (χ2n) is 7.01. The third-order valence-corrected chi connectivity index (χ3v) is 5.13. The lowest BCUT2D eigenvalue weighted by Crippen LogP contribution is -2.35. The zero-order valence-electron chi connectivity index (χ0n) is 14.7. The highest BCUT2D eigenvalue weighted by Crippen LogP contribution is 2.22. The summed E-state index contributed by atoms with van der Waals surface area (Å²) in [4.78, 5) is 12.1. The summed E-state index contributed by atoms with van der Waals surface area (Å²) in [5.41, 5.74) is 2.37. The summed E-state index contributed by atoms with van der Waals surface area (Å²) in [7, 11) is 0. The average Bonchev–Trinajstić information content (AvgIpc) is 3.00. The number of rotatable bonds is 7. The van der Waals surface area contributed by atoms with Crippen molar-refractivity contribution in [2.24, 2.45) is 5.92 Å². The summed E-state index contributed by atoms with van der Waals surface area (Å²) in [6.45, 7) is 5.13. The minimum absolute atomic E-state index is 0.0773. The van der Waals surface area contributed by atoms with Gasteiger partial charge >= 0.3 is 0 Å². The maximum Gasteiger partial charge on any atom is 0.239 e. The highest BCUT2D eigenvalue weighted by Gasteiger charge is 2.12. The smallest absolute Gasteiger partial charge is 0.239 e. The molecule has 2 aromatic rings. The molecule has 0 saturated heterocycles. The van der Waals surface area contributed by atoms with E-state index in [0.29, 0.717) is 13.1 Å². The number of aromatic nitrogens is 1. The van der Waals surface area contributed by atoms with Gasteiger partial charge in [-0.15, -0.1) is 0 Å². The molecule has 1 aliphatic carbocycles. The molecule has 0 aliphatic heterocycles. The summed E-state index contributed by atoms with van der Waals surface area (Å²) in [5, 5.41) is 7.72. The van der Waals surface area contributed by atoms with Gasteiger partial charge in [-0.25, -0.2) is 0 Å². The van der Waals surface area contributed by atoms with Crippen LogP contribution >= 0.6 is 0 Å². The second-order valence-corrected chi connectivity index (χ2v) is 7.01. The normalized spacial score (nSPS) is 15.7. The Morgan fingerprint density at radius 2 is 2.00 bits per heavy atom. The zero-order chi connectivity index (χ0) is 16.8. The number of carbonyl (C=O) groups is 1. The van der Waals surface area contributed by atoms with Crippen molar-refractivity contribution < 1.29 is 4.79 Å². The maximum atomic E-state index is 12.1. The molecule has 0 radical (unpaired) electrons. The maximum absolute atomic E-state index is 12.1. The topological polar surface area (TPSA) is 46.1 Å². The van der Waals surface area contributed by atoms with Gasteiger partial charge in [0.15, 0.2) is 0 Å². The van der Waals surface area contributed by atoms with Crippen molar-refractivity contribution in [3.8, 4) is 0 Å². The SMILES string of the molecule is Cc1cccc2c1ccn2CC(=O)NCCNCC1CCCCC1. The molecule has 1 amide bonds. The predicted octanol–water partition coefficient (Wildman–Crippen LogP) is 3.24. The first-order valence-corrected chi connectivity index (χ1v) is 9.26. The lowest BCUT2D eigenvalue weighted by atomic mass is 9.89. The van der Waals surface area contributed by atoms with Gasteiger partial charge in [-0.2, -0.15) is 0 Å². The van der Waals surface area contributed by atoms with Crippen LogP contribution in [0.15, 0.2) is 30.5 Å². The van der Waals surface area contributed by atoms with E-state index in [9.17, 15) is 4.79 Å². The van der Waals surface area contributed by atoms with Crippen molar-refractivity contribution in [3.63, 3.8) is 0 Å². The third kappa shape index (κ3) is 4.38. The van der Waals surface area contributed by atoms with E-state index in [0.717, 1.165) is 24.5 Å². The summed E-state index contributed by atoms with van der Waals surface area (Å²) in [5.74, 6) is 0.914. The van der Waals surface area contributed by atoms with Crippen molar-refractivity contribution in [2.75, 3.05) is 19.6 Å². The van der Waals surface area contributed by atoms with Gasteiger partial charge in [-0.3, -0.25) is 4.79 Å². The van der Waals surface area contributed by atoms with Gasteiger partial charge in [0.2, 0.25) is 5.91 Å². The van der Waals surface area contributed by atoms with E-state index < -0.39 is 0 Å². The second kappa shape index (κ2) is 8.34. The van der Waals surface area contributed by atoms with Crippen molar-refractivity contribution in [1.82, 2.24) is 15.2 Å². The molecule has 130 valence electrons. The highest BCUT2D eigenvalue weighted by atomic mass is 16.1. The summed E-state index contributed by atoms with van der Waals surface area (Å²) >= 11 is 0. The van der Waals surface area contributed by atoms with Crippen LogP contribution in [0, 0.1) is 12.8 Å². The minimum Gasteiger partial charge on any atom is -0.353 e. The van der Waals surface area contributed by atoms with E-state index in [1.807, 2.05) is 16.8 Å². The fourth-order valence-electron chi connectivity index (χ4n) is 3.71. The van der Waals surface area contributed by atoms with Crippen molar-refractivity contribution >= 4 is 16.8 Å². The molecular formula is C20H29N3O. The van der Waals surface area contributed by atoms with Crippen LogP contribution in [0.3, 0.4) is 0 Å². The molecule has 4 nitrogen and oxygen atoms in total. The van der Waals surface area contributed by atoms with Crippen molar-refractivity contribution in [2.45, 2.75) is 45.6 Å². The number of hydrogen-bond donors (Lipinski definition) is 2. The van der Waals surface area contributed by atoms with Gasteiger partial charge in [-0.05, 0) is 49.9 Å². The van der Waals surface area contributed by atoms with Crippen LogP contribution in [0.1, 0.15) is 37.7 Å². The molecule has 1 saturated carbocycles. The summed E-state index contributed by atoms with van der Waals surface area (Å²) in [6.07, 6.45) is 8.89. The van der Waals surface area contributed by atoms with Crippen LogP contribution in [0.25, 0.3) is 10.9 Å². The summed E-state index contributed by atoms with van der Waals surface area (Å²) in [6, 6.07) is 8.30. The molecule has 4 heteroatoms. The molecule has 1 aromatic heterocycles. The number of nitrogens with one attached hydrogen (secondary N) is 2. The minimum atomic E-state index is 0.0773. The molecule has 1 heterocycles. The van der Waals surface area contributed by atoms with E-state index >= 15 is 0 Å². The first kappa shape index (κ1) is 17.0. The molecule has 2 N–H and O–H groups in total. The molecule has 24 heavy (non-hydrogen) atoms. The Balaban J connectivity index is 1.38.